The maximum absolute atomic E-state index is 0. The van der Waals surface area contributed by atoms with Crippen molar-refractivity contribution in [2.45, 2.75) is 0 Å². The minimum absolute atomic E-state index is 0. The van der Waals surface area contributed by atoms with Gasteiger partial charge in [0.1, 0.15) is 0 Å². The van der Waals surface area contributed by atoms with Crippen LogP contribution in [0.5, 0.6) is 0 Å². The van der Waals surface area contributed by atoms with E-state index in [2.05, 4.69) is 0 Å². The van der Waals surface area contributed by atoms with Crippen LogP contribution in [-0.2, 0) is 25.8 Å². The van der Waals surface area contributed by atoms with E-state index in [4.69, 9.17) is 0 Å². The largest absolute Gasteiger partial charge is 0 e. The van der Waals surface area contributed by atoms with Crippen molar-refractivity contribution < 1.29 is 148 Å². The summed E-state index contributed by atoms with van der Waals surface area (Å²) in [6.07, 6.45) is 0. The summed E-state index contributed by atoms with van der Waals surface area (Å²) in [6, 6.07) is 0. The summed E-state index contributed by atoms with van der Waals surface area (Å²) in [6.45, 7) is 0. The van der Waals surface area contributed by atoms with Crippen LogP contribution in [0.1, 0.15) is 0 Å². The molecule has 0 bridgehead atoms. The summed E-state index contributed by atoms with van der Waals surface area (Å²) in [5.41, 5.74) is 0. The first-order chi connectivity index (χ1) is 0. The Morgan fingerprint density at radius 1 is 1.00 bits per heavy atom. The molecule has 41 valence electrons. The normalized spacial score (nSPS) is 0. The molecule has 0 nitrogen and oxygen atoms in total. The predicted octanol–water partition coefficient (Wildman–Crippen LogP) is -0.00250. The van der Waals surface area contributed by atoms with Gasteiger partial charge in [0.2, 0.25) is 0 Å². The average Bonchev–Trinajstić information content (AvgIpc) is 0. The summed E-state index contributed by atoms with van der Waals surface area (Å²) in [5.74, 6) is 0. The first-order valence-corrected chi connectivity index (χ1v) is 0. The van der Waals surface area contributed by atoms with Crippen molar-refractivity contribution in [1.82, 2.24) is 0 Å². The molecule has 0 aromatic carbocycles. The molecule has 0 atom stereocenters. The van der Waals surface area contributed by atoms with Crippen LogP contribution in [-0.4, -0.2) is 0 Å². The van der Waals surface area contributed by atoms with Crippen molar-refractivity contribution >= 4 is 0 Å². The fourth-order valence-electron chi connectivity index (χ4n) is 0. The van der Waals surface area contributed by atoms with E-state index in [1.807, 2.05) is 0 Å². The predicted molar refractivity (Wildman–Crippen MR) is 0 cm³/mol. The Bertz CT molecular complexity index is 8.00. The maximum Gasteiger partial charge on any atom is 0 e. The van der Waals surface area contributed by atoms with Gasteiger partial charge in [0.25, 0.3) is 0 Å². The maximum atomic E-state index is 0. The zero-order valence-electron chi connectivity index (χ0n) is 1.44. The molecule has 0 aliphatic heterocycles. The molecular formula is LuScTbYb. The van der Waals surface area contributed by atoms with E-state index < -0.39 is 0 Å². The molecule has 0 fully saturated rings. The van der Waals surface area contributed by atoms with Gasteiger partial charge >= 0.3 is 0 Å². The van der Waals surface area contributed by atoms with Gasteiger partial charge in [0.15, 0.2) is 0 Å². The van der Waals surface area contributed by atoms with Crippen molar-refractivity contribution in [3.05, 3.63) is 0 Å². The first-order valence-electron chi connectivity index (χ1n) is 0. The molecule has 0 unspecified atom stereocenters. The van der Waals surface area contributed by atoms with Crippen LogP contribution in [0, 0.1) is 122 Å². The molecule has 4 heteroatoms. The summed E-state index contributed by atoms with van der Waals surface area (Å²) in [7, 11) is 0. The van der Waals surface area contributed by atoms with Crippen LogP contribution in [0.2, 0.25) is 0 Å². The van der Waals surface area contributed by atoms with Gasteiger partial charge in [-0.25, -0.2) is 0 Å². The summed E-state index contributed by atoms with van der Waals surface area (Å²) >= 11 is 0. The van der Waals surface area contributed by atoms with E-state index in [-0.39, 0.29) is 148 Å². The summed E-state index contributed by atoms with van der Waals surface area (Å²) in [5, 5.41) is 0. The van der Waals surface area contributed by atoms with Crippen molar-refractivity contribution in [2.24, 2.45) is 0 Å². The molecule has 0 N–H and O–H groups in total. The SMILES string of the molecule is [Lu].[Sc].[Tb].[Yb]. The average molecular weight is 552 g/mol. The van der Waals surface area contributed by atoms with Gasteiger partial charge in [-0.15, -0.1) is 0 Å². The standard InChI is InChI=1S/Lu.Sc.Tb.Yb. The third-order valence-corrected chi connectivity index (χ3v) is 0. The minimum atomic E-state index is 0. The van der Waals surface area contributed by atoms with Crippen LogP contribution < -0.4 is 0 Å². The third-order valence-electron chi connectivity index (χ3n) is 0. The second-order valence-corrected chi connectivity index (χ2v) is 0. The Morgan fingerprint density at radius 3 is 1.00 bits per heavy atom. The van der Waals surface area contributed by atoms with Crippen molar-refractivity contribution in [2.75, 3.05) is 0 Å². The van der Waals surface area contributed by atoms with Gasteiger partial charge in [-0.3, -0.25) is 0 Å². The van der Waals surface area contributed by atoms with Gasteiger partial charge in [-0.2, -0.15) is 0 Å². The topological polar surface area (TPSA) is 0 Å². The van der Waals surface area contributed by atoms with Crippen LogP contribution in [0.4, 0.5) is 0 Å². The fourth-order valence-corrected chi connectivity index (χ4v) is 0. The van der Waals surface area contributed by atoms with Gasteiger partial charge in [0, 0.05) is 148 Å². The Morgan fingerprint density at radius 2 is 1.00 bits per heavy atom. The number of hydrogen-bond acceptors (Lipinski definition) is 0. The van der Waals surface area contributed by atoms with Gasteiger partial charge in [-0.05, 0) is 0 Å². The smallest absolute Gasteiger partial charge is 0 e. The molecule has 0 saturated carbocycles. The monoisotopic (exact) mass is 553 g/mol. The zero-order valence-corrected chi connectivity index (χ0v) is 8.75. The summed E-state index contributed by atoms with van der Waals surface area (Å²) in [4.78, 5) is 0. The van der Waals surface area contributed by atoms with Gasteiger partial charge in [0.05, 0.1) is 0 Å². The fraction of sp³-hybridized carbons (Fsp3) is 0. The number of rotatable bonds is 0. The van der Waals surface area contributed by atoms with Crippen LogP contribution in [0.15, 0.2) is 0 Å². The quantitative estimate of drug-likeness (QED) is 0.398. The van der Waals surface area contributed by atoms with E-state index in [1.165, 1.54) is 0 Å². The molecule has 4 heavy (non-hydrogen) atoms. The Labute approximate surface area is 143 Å². The Hall–Kier alpha value is 4.91. The van der Waals surface area contributed by atoms with Crippen molar-refractivity contribution in [1.29, 1.82) is 0 Å². The number of hydrogen-bond donors (Lipinski definition) is 0. The van der Waals surface area contributed by atoms with E-state index in [0.29, 0.717) is 0 Å². The molecule has 0 rings (SSSR count). The van der Waals surface area contributed by atoms with E-state index in [1.54, 1.807) is 0 Å². The van der Waals surface area contributed by atoms with E-state index >= 15 is 0 Å². The third kappa shape index (κ3) is 10.0. The molecular weight excluding hydrogens is 552 g/mol. The van der Waals surface area contributed by atoms with Gasteiger partial charge in [-0.1, -0.05) is 0 Å². The van der Waals surface area contributed by atoms with E-state index in [9.17, 15) is 0 Å². The molecule has 0 aromatic rings. The molecule has 0 aliphatic carbocycles. The zero-order chi connectivity index (χ0) is 0. The first kappa shape index (κ1) is 23.1. The minimum Gasteiger partial charge on any atom is 0 e. The van der Waals surface area contributed by atoms with Crippen molar-refractivity contribution in [3.8, 4) is 0 Å². The Balaban J connectivity index is 0. The molecule has 0 saturated heterocycles. The van der Waals surface area contributed by atoms with Gasteiger partial charge < -0.3 is 0 Å². The summed E-state index contributed by atoms with van der Waals surface area (Å²) < 4.78 is 0. The molecule has 0 heterocycles. The van der Waals surface area contributed by atoms with Crippen LogP contribution in [0.25, 0.3) is 0 Å². The molecule has 0 aromatic heterocycles. The van der Waals surface area contributed by atoms with Crippen LogP contribution in [0.3, 0.4) is 0 Å². The Kier molecular flexibility index (Phi) is 90.6. The molecule has 0 aliphatic rings. The van der Waals surface area contributed by atoms with Crippen LogP contribution >= 0.6 is 0 Å². The second kappa shape index (κ2) is 15.7. The second-order valence-electron chi connectivity index (χ2n) is 0. The van der Waals surface area contributed by atoms with E-state index in [0.717, 1.165) is 0 Å². The molecule has 0 spiro atoms. The molecule has 3 radical (unpaired) electrons. The molecule has 0 amide bonds. The van der Waals surface area contributed by atoms with Crippen molar-refractivity contribution in [3.63, 3.8) is 0 Å².